The van der Waals surface area contributed by atoms with Crippen LogP contribution in [0.5, 0.6) is 0 Å². The highest BCUT2D eigenvalue weighted by molar-refractivity contribution is 7.92. The lowest BCUT2D eigenvalue weighted by atomic mass is 9.93. The zero-order valence-corrected chi connectivity index (χ0v) is 17.3. The average molecular weight is 481 g/mol. The molecule has 0 spiro atoms. The zero-order valence-electron chi connectivity index (χ0n) is 16.5. The molecule has 1 aromatic carbocycles. The predicted octanol–water partition coefficient (Wildman–Crippen LogP) is 4.12. The third-order valence-corrected chi connectivity index (χ3v) is 7.60. The quantitative estimate of drug-likeness (QED) is 0.614. The van der Waals surface area contributed by atoms with Gasteiger partial charge in [-0.15, -0.1) is 10.2 Å². The first-order valence-electron chi connectivity index (χ1n) is 9.33. The van der Waals surface area contributed by atoms with Crippen LogP contribution in [-0.4, -0.2) is 36.3 Å². The fraction of sp³-hybridized carbons (Fsp3) is 0.421. The molecule has 1 amide bonds. The minimum absolute atomic E-state index is 0.0218. The van der Waals surface area contributed by atoms with Crippen LogP contribution in [0, 0.1) is 5.92 Å². The zero-order chi connectivity index (χ0) is 23.9. The maximum atomic E-state index is 12.9. The number of piperidine rings is 1. The summed E-state index contributed by atoms with van der Waals surface area (Å²) in [6.07, 6.45) is -9.50. The predicted molar refractivity (Wildman–Crippen MR) is 100 cm³/mol. The molecule has 1 saturated heterocycles. The van der Waals surface area contributed by atoms with Crippen molar-refractivity contribution in [1.82, 2.24) is 10.2 Å². The average Bonchev–Trinajstić information content (AvgIpc) is 2.72. The normalized spacial score (nSPS) is 19.2. The first-order chi connectivity index (χ1) is 14.7. The van der Waals surface area contributed by atoms with Crippen LogP contribution in [0.4, 0.5) is 32.2 Å². The maximum Gasteiger partial charge on any atom is 0.435 e. The van der Waals surface area contributed by atoms with Gasteiger partial charge in [0.2, 0.25) is 5.91 Å². The number of amides is 1. The molecule has 0 radical (unpaired) electrons. The number of halogens is 6. The number of hydrogen-bond acceptors (Lipinski definition) is 5. The van der Waals surface area contributed by atoms with E-state index in [2.05, 4.69) is 10.2 Å². The summed E-state index contributed by atoms with van der Waals surface area (Å²) in [5.41, 5.74) is -2.32. The second-order valence-corrected chi connectivity index (χ2v) is 9.65. The van der Waals surface area contributed by atoms with Crippen LogP contribution in [-0.2, 0) is 27.0 Å². The van der Waals surface area contributed by atoms with Crippen LogP contribution in [0.3, 0.4) is 0 Å². The number of aromatic nitrogens is 2. The van der Waals surface area contributed by atoms with Gasteiger partial charge in [0.05, 0.1) is 15.7 Å². The van der Waals surface area contributed by atoms with Crippen LogP contribution in [0.25, 0.3) is 0 Å². The molecule has 1 aromatic heterocycles. The molecule has 3 rings (SSSR count). The molecular weight excluding hydrogens is 464 g/mol. The van der Waals surface area contributed by atoms with Crippen molar-refractivity contribution in [3.8, 4) is 0 Å². The molecule has 1 aliphatic rings. The van der Waals surface area contributed by atoms with E-state index in [1.165, 1.54) is 6.92 Å². The standard InChI is InChI=1S/C19H17F6N3O3S/c1-11(32(30,31)14-4-2-3-13(10-14)18(20,21)22)12-7-8-28(17(29)9-12)16-6-5-15(26-27-16)19(23,24)25/h2-6,10-12H,7-9H2,1H3/t11?,12-/m1/s1. The van der Waals surface area contributed by atoms with E-state index in [1.54, 1.807) is 0 Å². The topological polar surface area (TPSA) is 80.2 Å². The molecule has 174 valence electrons. The van der Waals surface area contributed by atoms with E-state index in [0.29, 0.717) is 12.1 Å². The molecule has 1 fully saturated rings. The van der Waals surface area contributed by atoms with Crippen molar-refractivity contribution in [2.45, 2.75) is 42.3 Å². The Morgan fingerprint density at radius 1 is 1.03 bits per heavy atom. The smallest absolute Gasteiger partial charge is 0.295 e. The van der Waals surface area contributed by atoms with Gasteiger partial charge in [0.15, 0.2) is 21.3 Å². The van der Waals surface area contributed by atoms with Gasteiger partial charge in [0.25, 0.3) is 0 Å². The van der Waals surface area contributed by atoms with Crippen LogP contribution in [0.15, 0.2) is 41.3 Å². The summed E-state index contributed by atoms with van der Waals surface area (Å²) < 4.78 is 102. The number of hydrogen-bond donors (Lipinski definition) is 0. The van der Waals surface area contributed by atoms with Crippen LogP contribution >= 0.6 is 0 Å². The van der Waals surface area contributed by atoms with Crippen molar-refractivity contribution >= 4 is 21.6 Å². The number of alkyl halides is 6. The third-order valence-electron chi connectivity index (χ3n) is 5.32. The Balaban J connectivity index is 1.75. The van der Waals surface area contributed by atoms with E-state index in [-0.39, 0.29) is 25.2 Å². The Morgan fingerprint density at radius 3 is 2.25 bits per heavy atom. The third kappa shape index (κ3) is 4.87. The van der Waals surface area contributed by atoms with E-state index in [9.17, 15) is 39.6 Å². The molecule has 6 nitrogen and oxygen atoms in total. The molecule has 2 heterocycles. The van der Waals surface area contributed by atoms with Crippen molar-refractivity contribution < 1.29 is 39.6 Å². The van der Waals surface area contributed by atoms with Gasteiger partial charge in [-0.25, -0.2) is 8.42 Å². The van der Waals surface area contributed by atoms with Gasteiger partial charge in [-0.2, -0.15) is 26.3 Å². The number of carbonyl (C=O) groups excluding carboxylic acids is 1. The number of sulfone groups is 1. The summed E-state index contributed by atoms with van der Waals surface area (Å²) in [7, 11) is -4.17. The molecule has 2 atom stereocenters. The van der Waals surface area contributed by atoms with Crippen LogP contribution < -0.4 is 4.90 Å². The molecule has 2 aromatic rings. The molecule has 0 saturated carbocycles. The van der Waals surface area contributed by atoms with Crippen molar-refractivity contribution in [2.24, 2.45) is 5.92 Å². The van der Waals surface area contributed by atoms with Crippen molar-refractivity contribution in [3.63, 3.8) is 0 Å². The largest absolute Gasteiger partial charge is 0.435 e. The minimum Gasteiger partial charge on any atom is -0.295 e. The van der Waals surface area contributed by atoms with E-state index < -0.39 is 55.4 Å². The van der Waals surface area contributed by atoms with E-state index in [1.807, 2.05) is 0 Å². The Labute approximate surface area is 179 Å². The van der Waals surface area contributed by atoms with Gasteiger partial charge in [0.1, 0.15) is 0 Å². The molecule has 1 unspecified atom stereocenters. The van der Waals surface area contributed by atoms with Gasteiger partial charge >= 0.3 is 12.4 Å². The summed E-state index contributed by atoms with van der Waals surface area (Å²) in [5.74, 6) is -1.36. The molecule has 13 heteroatoms. The number of benzene rings is 1. The van der Waals surface area contributed by atoms with Gasteiger partial charge in [-0.05, 0) is 49.6 Å². The highest BCUT2D eigenvalue weighted by Gasteiger charge is 2.39. The lowest BCUT2D eigenvalue weighted by Crippen LogP contribution is -2.43. The lowest BCUT2D eigenvalue weighted by Gasteiger charge is -2.33. The Bertz CT molecular complexity index is 1100. The Kier molecular flexibility index (Phi) is 6.24. The summed E-state index contributed by atoms with van der Waals surface area (Å²) in [6.45, 7) is 1.30. The molecule has 0 N–H and O–H groups in total. The fourth-order valence-electron chi connectivity index (χ4n) is 3.44. The highest BCUT2D eigenvalue weighted by atomic mass is 32.2. The monoisotopic (exact) mass is 481 g/mol. The lowest BCUT2D eigenvalue weighted by molar-refractivity contribution is -0.141. The molecule has 0 aliphatic carbocycles. The van der Waals surface area contributed by atoms with E-state index >= 15 is 0 Å². The molecule has 1 aliphatic heterocycles. The van der Waals surface area contributed by atoms with Gasteiger partial charge in [0, 0.05) is 13.0 Å². The SMILES string of the molecule is CC([C@@H]1CCN(c2ccc(C(F)(F)F)nn2)C(=O)C1)S(=O)(=O)c1cccc(C(F)(F)F)c1. The summed E-state index contributed by atoms with van der Waals surface area (Å²) >= 11 is 0. The Hall–Kier alpha value is -2.70. The van der Waals surface area contributed by atoms with Crippen molar-refractivity contribution in [1.29, 1.82) is 0 Å². The molecule has 0 bridgehead atoms. The number of carbonyl (C=O) groups is 1. The fourth-order valence-corrected chi connectivity index (χ4v) is 5.16. The van der Waals surface area contributed by atoms with Crippen molar-refractivity contribution in [2.75, 3.05) is 11.4 Å². The molecular formula is C19H17F6N3O3S. The van der Waals surface area contributed by atoms with Gasteiger partial charge < -0.3 is 0 Å². The Morgan fingerprint density at radius 2 is 1.72 bits per heavy atom. The first-order valence-corrected chi connectivity index (χ1v) is 10.9. The maximum absolute atomic E-state index is 12.9. The molecule has 32 heavy (non-hydrogen) atoms. The summed E-state index contributed by atoms with van der Waals surface area (Å²) in [4.78, 5) is 13.1. The van der Waals surface area contributed by atoms with Crippen LogP contribution in [0.2, 0.25) is 0 Å². The van der Waals surface area contributed by atoms with Gasteiger partial charge in [-0.3, -0.25) is 9.69 Å². The minimum atomic E-state index is -4.71. The van der Waals surface area contributed by atoms with Crippen molar-refractivity contribution in [3.05, 3.63) is 47.7 Å². The second kappa shape index (κ2) is 8.34. The summed E-state index contributed by atoms with van der Waals surface area (Å²) in [5, 5.41) is 5.34. The van der Waals surface area contributed by atoms with Crippen LogP contribution in [0.1, 0.15) is 31.0 Å². The number of rotatable bonds is 4. The summed E-state index contributed by atoms with van der Waals surface area (Å²) in [6, 6.07) is 5.06. The highest BCUT2D eigenvalue weighted by Crippen LogP contribution is 2.35. The first kappa shape index (κ1) is 24.0. The van der Waals surface area contributed by atoms with E-state index in [0.717, 1.165) is 29.2 Å². The van der Waals surface area contributed by atoms with Gasteiger partial charge in [-0.1, -0.05) is 6.07 Å². The number of anilines is 1. The van der Waals surface area contributed by atoms with E-state index in [4.69, 9.17) is 0 Å². The second-order valence-electron chi connectivity index (χ2n) is 7.35. The number of nitrogens with zero attached hydrogens (tertiary/aromatic N) is 3.